The lowest BCUT2D eigenvalue weighted by Crippen LogP contribution is -2.24. The van der Waals surface area contributed by atoms with E-state index < -0.39 is 11.0 Å². The first kappa shape index (κ1) is 16.1. The molecule has 0 saturated heterocycles. The molecule has 0 aromatic heterocycles. The predicted octanol–water partition coefficient (Wildman–Crippen LogP) is 3.90. The maximum Gasteiger partial charge on any atom is 0.339 e. The zero-order chi connectivity index (χ0) is 17.6. The van der Waals surface area contributed by atoms with Gasteiger partial charge in [-0.3, -0.25) is 10.1 Å². The van der Waals surface area contributed by atoms with Gasteiger partial charge in [0.25, 0.3) is 5.69 Å². The van der Waals surface area contributed by atoms with Crippen molar-refractivity contribution in [1.82, 2.24) is 5.43 Å². The molecule has 0 fully saturated rings. The summed E-state index contributed by atoms with van der Waals surface area (Å²) in [7, 11) is 0. The van der Waals surface area contributed by atoms with Crippen molar-refractivity contribution < 1.29 is 9.72 Å². The van der Waals surface area contributed by atoms with Crippen molar-refractivity contribution in [1.29, 1.82) is 0 Å². The van der Waals surface area contributed by atoms with E-state index in [1.54, 1.807) is 6.21 Å². The lowest BCUT2D eigenvalue weighted by molar-refractivity contribution is -0.384. The van der Waals surface area contributed by atoms with Gasteiger partial charge in [0.05, 0.1) is 11.1 Å². The number of nitrogens with zero attached hydrogens (tertiary/aromatic N) is 2. The highest BCUT2D eigenvalue weighted by Crippen LogP contribution is 2.17. The predicted molar refractivity (Wildman–Crippen MR) is 96.8 cm³/mol. The van der Waals surface area contributed by atoms with Gasteiger partial charge >= 0.3 is 6.03 Å². The molecule has 0 atom stereocenters. The van der Waals surface area contributed by atoms with Crippen LogP contribution in [0.4, 0.5) is 16.2 Å². The molecule has 7 nitrogen and oxygen atoms in total. The number of nitrogens with one attached hydrogen (secondary N) is 2. The largest absolute Gasteiger partial charge is 0.339 e. The second-order valence-electron chi connectivity index (χ2n) is 5.20. The molecule has 7 heteroatoms. The summed E-state index contributed by atoms with van der Waals surface area (Å²) in [5, 5.41) is 19.2. The number of fused-ring (bicyclic) bond motifs is 1. The second kappa shape index (κ2) is 7.22. The van der Waals surface area contributed by atoms with Crippen LogP contribution in [0.15, 0.2) is 71.8 Å². The molecular formula is C18H14N4O3. The number of rotatable bonds is 4. The molecule has 0 bridgehead atoms. The molecule has 0 aliphatic rings. The number of nitro groups is 1. The van der Waals surface area contributed by atoms with Crippen molar-refractivity contribution in [3.63, 3.8) is 0 Å². The van der Waals surface area contributed by atoms with E-state index in [0.29, 0.717) is 5.69 Å². The molecule has 3 aromatic carbocycles. The molecule has 124 valence electrons. The number of anilines is 1. The van der Waals surface area contributed by atoms with Crippen LogP contribution in [-0.2, 0) is 0 Å². The van der Waals surface area contributed by atoms with Gasteiger partial charge in [-0.2, -0.15) is 5.10 Å². The summed E-state index contributed by atoms with van der Waals surface area (Å²) in [6, 6.07) is 18.7. The molecule has 0 aliphatic carbocycles. The average Bonchev–Trinajstić information content (AvgIpc) is 2.62. The Bertz CT molecular complexity index is 947. The van der Waals surface area contributed by atoms with Gasteiger partial charge in [0, 0.05) is 23.4 Å². The highest BCUT2D eigenvalue weighted by Gasteiger charge is 2.05. The number of carbonyl (C=O) groups is 1. The Morgan fingerprint density at radius 3 is 2.48 bits per heavy atom. The van der Waals surface area contributed by atoms with Crippen molar-refractivity contribution in [3.8, 4) is 0 Å². The van der Waals surface area contributed by atoms with Crippen molar-refractivity contribution in [2.24, 2.45) is 5.10 Å². The quantitative estimate of drug-likeness (QED) is 0.430. The van der Waals surface area contributed by atoms with Crippen molar-refractivity contribution in [3.05, 3.63) is 82.4 Å². The van der Waals surface area contributed by atoms with Gasteiger partial charge in [-0.05, 0) is 22.9 Å². The first-order valence-electron chi connectivity index (χ1n) is 7.46. The number of non-ortho nitro benzene ring substituents is 1. The van der Waals surface area contributed by atoms with Crippen LogP contribution in [0.3, 0.4) is 0 Å². The SMILES string of the molecule is O=C(N/N=C/c1cccc2ccccc12)Nc1ccc([N+](=O)[O-])cc1. The highest BCUT2D eigenvalue weighted by atomic mass is 16.6. The van der Waals surface area contributed by atoms with Crippen LogP contribution in [0, 0.1) is 10.1 Å². The number of hydrogen-bond acceptors (Lipinski definition) is 4. The maximum absolute atomic E-state index is 11.8. The van der Waals surface area contributed by atoms with Gasteiger partial charge in [-0.15, -0.1) is 0 Å². The fraction of sp³-hybridized carbons (Fsp3) is 0. The summed E-state index contributed by atoms with van der Waals surface area (Å²) < 4.78 is 0. The number of hydrazone groups is 1. The first-order chi connectivity index (χ1) is 12.1. The third-order valence-corrected chi connectivity index (χ3v) is 3.53. The van der Waals surface area contributed by atoms with E-state index in [4.69, 9.17) is 0 Å². The molecule has 3 aromatic rings. The normalized spacial score (nSPS) is 10.7. The Morgan fingerprint density at radius 1 is 1.00 bits per heavy atom. The number of carbonyl (C=O) groups excluding carboxylic acids is 1. The Balaban J connectivity index is 1.63. The minimum atomic E-state index is -0.537. The maximum atomic E-state index is 11.8. The minimum Gasteiger partial charge on any atom is -0.307 e. The van der Waals surface area contributed by atoms with Crippen LogP contribution >= 0.6 is 0 Å². The Hall–Kier alpha value is -3.74. The molecule has 0 unspecified atom stereocenters. The zero-order valence-corrected chi connectivity index (χ0v) is 13.0. The molecule has 0 aliphatic heterocycles. The Labute approximate surface area is 143 Å². The summed E-state index contributed by atoms with van der Waals surface area (Å²) in [5.41, 5.74) is 3.64. The van der Waals surface area contributed by atoms with E-state index in [9.17, 15) is 14.9 Å². The Morgan fingerprint density at radius 2 is 1.72 bits per heavy atom. The summed E-state index contributed by atoms with van der Waals surface area (Å²) in [5.74, 6) is 0. The van der Waals surface area contributed by atoms with Crippen LogP contribution in [0.1, 0.15) is 5.56 Å². The number of amides is 2. The lowest BCUT2D eigenvalue weighted by Gasteiger charge is -2.04. The van der Waals surface area contributed by atoms with E-state index in [1.165, 1.54) is 24.3 Å². The average molecular weight is 334 g/mol. The van der Waals surface area contributed by atoms with Crippen LogP contribution in [0.25, 0.3) is 10.8 Å². The molecule has 25 heavy (non-hydrogen) atoms. The van der Waals surface area contributed by atoms with Crippen molar-refractivity contribution in [2.75, 3.05) is 5.32 Å². The summed E-state index contributed by atoms with van der Waals surface area (Å²) in [6.45, 7) is 0. The van der Waals surface area contributed by atoms with Gasteiger partial charge in [-0.1, -0.05) is 42.5 Å². The summed E-state index contributed by atoms with van der Waals surface area (Å²) in [4.78, 5) is 21.9. The highest BCUT2D eigenvalue weighted by molar-refractivity contribution is 6.00. The van der Waals surface area contributed by atoms with Gasteiger partial charge in [0.15, 0.2) is 0 Å². The molecule has 2 amide bonds. The smallest absolute Gasteiger partial charge is 0.307 e. The molecule has 0 spiro atoms. The monoisotopic (exact) mass is 334 g/mol. The van der Waals surface area contributed by atoms with Crippen LogP contribution in [-0.4, -0.2) is 17.2 Å². The second-order valence-corrected chi connectivity index (χ2v) is 5.20. The third-order valence-electron chi connectivity index (χ3n) is 3.53. The van der Waals surface area contributed by atoms with E-state index in [-0.39, 0.29) is 5.69 Å². The number of benzene rings is 3. The van der Waals surface area contributed by atoms with Gasteiger partial charge in [0.2, 0.25) is 0 Å². The summed E-state index contributed by atoms with van der Waals surface area (Å²) >= 11 is 0. The number of hydrogen-bond donors (Lipinski definition) is 2. The van der Waals surface area contributed by atoms with Crippen molar-refractivity contribution in [2.45, 2.75) is 0 Å². The third kappa shape index (κ3) is 3.97. The minimum absolute atomic E-state index is 0.0417. The number of urea groups is 1. The standard InChI is InChI=1S/C18H14N4O3/c23-18(20-15-8-10-16(11-9-15)22(24)25)21-19-12-14-6-3-5-13-4-1-2-7-17(13)14/h1-12H,(H2,20,21,23)/b19-12+. The first-order valence-corrected chi connectivity index (χ1v) is 7.46. The van der Waals surface area contributed by atoms with E-state index >= 15 is 0 Å². The zero-order valence-electron chi connectivity index (χ0n) is 13.0. The molecule has 0 radical (unpaired) electrons. The van der Waals surface area contributed by atoms with Gasteiger partial charge in [0.1, 0.15) is 0 Å². The van der Waals surface area contributed by atoms with E-state index in [1.807, 2.05) is 42.5 Å². The van der Waals surface area contributed by atoms with Gasteiger partial charge < -0.3 is 5.32 Å². The van der Waals surface area contributed by atoms with Crippen molar-refractivity contribution >= 4 is 34.4 Å². The van der Waals surface area contributed by atoms with E-state index in [0.717, 1.165) is 16.3 Å². The lowest BCUT2D eigenvalue weighted by atomic mass is 10.1. The molecule has 0 heterocycles. The summed E-state index contributed by atoms with van der Waals surface area (Å²) in [6.07, 6.45) is 1.57. The fourth-order valence-electron chi connectivity index (χ4n) is 2.35. The molecule has 3 rings (SSSR count). The number of nitro benzene ring substituents is 1. The molecule has 2 N–H and O–H groups in total. The van der Waals surface area contributed by atoms with Crippen LogP contribution in [0.2, 0.25) is 0 Å². The Kier molecular flexibility index (Phi) is 4.66. The van der Waals surface area contributed by atoms with Gasteiger partial charge in [-0.25, -0.2) is 10.2 Å². The topological polar surface area (TPSA) is 96.6 Å². The van der Waals surface area contributed by atoms with Crippen LogP contribution < -0.4 is 10.7 Å². The fourth-order valence-corrected chi connectivity index (χ4v) is 2.35. The molecular weight excluding hydrogens is 320 g/mol. The van der Waals surface area contributed by atoms with E-state index in [2.05, 4.69) is 15.8 Å². The molecule has 0 saturated carbocycles. The van der Waals surface area contributed by atoms with Crippen LogP contribution in [0.5, 0.6) is 0 Å².